The third kappa shape index (κ3) is 13.0. The summed E-state index contributed by atoms with van der Waals surface area (Å²) in [6.45, 7) is -1.07. The first-order chi connectivity index (χ1) is 36.3. The van der Waals surface area contributed by atoms with Crippen molar-refractivity contribution in [2.24, 2.45) is 0 Å². The van der Waals surface area contributed by atoms with Crippen molar-refractivity contribution >= 4 is 30.0 Å². The van der Waals surface area contributed by atoms with Crippen molar-refractivity contribution in [2.45, 2.75) is 130 Å². The summed E-state index contributed by atoms with van der Waals surface area (Å²) >= 11 is 0. The van der Waals surface area contributed by atoms with Crippen LogP contribution in [0.5, 0.6) is 11.5 Å². The summed E-state index contributed by atoms with van der Waals surface area (Å²) < 4.78 is 68.2. The van der Waals surface area contributed by atoms with Crippen LogP contribution >= 0.6 is 0 Å². The van der Waals surface area contributed by atoms with Gasteiger partial charge in [0.2, 0.25) is 12.1 Å². The fourth-order valence-corrected chi connectivity index (χ4v) is 8.74. The summed E-state index contributed by atoms with van der Waals surface area (Å²) in [6.07, 6.45) is -28.4. The Labute approximate surface area is 432 Å². The summed E-state index contributed by atoms with van der Waals surface area (Å²) in [4.78, 5) is 51.9. The van der Waals surface area contributed by atoms with Crippen LogP contribution in [0, 0.1) is 0 Å². The molecule has 0 saturated carbocycles. The number of aliphatic hydroxyl groups is 10. The second kappa shape index (κ2) is 25.6. The van der Waals surface area contributed by atoms with Crippen molar-refractivity contribution in [3.05, 3.63) is 102 Å². The fraction of sp³-hybridized carbons (Fsp3) is 0.520. The van der Waals surface area contributed by atoms with Gasteiger partial charge in [0, 0.05) is 13.0 Å². The van der Waals surface area contributed by atoms with Gasteiger partial charge in [-0.2, -0.15) is 0 Å². The maximum absolute atomic E-state index is 13.5. The van der Waals surface area contributed by atoms with Gasteiger partial charge in [0.15, 0.2) is 42.4 Å². The van der Waals surface area contributed by atoms with Crippen molar-refractivity contribution in [3.63, 3.8) is 0 Å². The Kier molecular flexibility index (Phi) is 19.5. The molecule has 416 valence electrons. The van der Waals surface area contributed by atoms with Crippen LogP contribution in [0.4, 0.5) is 0 Å². The molecule has 19 atom stereocenters. The van der Waals surface area contributed by atoms with E-state index in [4.69, 9.17) is 56.8 Å². The molecule has 0 spiro atoms. The van der Waals surface area contributed by atoms with Crippen molar-refractivity contribution < 1.29 is 127 Å². The Morgan fingerprint density at radius 3 is 1.87 bits per heavy atom. The fourth-order valence-electron chi connectivity index (χ4n) is 8.74. The molecule has 7 rings (SSSR count). The normalized spacial score (nSPS) is 35.5. The van der Waals surface area contributed by atoms with Crippen LogP contribution in [-0.4, -0.2) is 225 Å². The van der Waals surface area contributed by atoms with Gasteiger partial charge in [-0.1, -0.05) is 42.5 Å². The Morgan fingerprint density at radius 2 is 1.25 bits per heavy atom. The topological polar surface area (TPSA) is 381 Å². The predicted octanol–water partition coefficient (Wildman–Crippen LogP) is -2.79. The van der Waals surface area contributed by atoms with E-state index in [0.717, 1.165) is 13.0 Å². The number of hydrogen-bond acceptors (Lipinski definition) is 26. The van der Waals surface area contributed by atoms with Crippen LogP contribution in [0.2, 0.25) is 0 Å². The van der Waals surface area contributed by atoms with E-state index in [1.54, 1.807) is 36.4 Å². The quantitative estimate of drug-likeness (QED) is 0.0329. The van der Waals surface area contributed by atoms with Crippen LogP contribution < -0.4 is 9.47 Å². The van der Waals surface area contributed by atoms with Gasteiger partial charge in [-0.15, -0.1) is 0 Å². The minimum Gasteiger partial charge on any atom is -0.493 e. The van der Waals surface area contributed by atoms with Crippen LogP contribution in [-0.2, 0) is 57.0 Å². The van der Waals surface area contributed by atoms with Crippen molar-refractivity contribution in [2.75, 3.05) is 33.5 Å². The van der Waals surface area contributed by atoms with Crippen LogP contribution in [0.15, 0.2) is 84.9 Å². The first kappa shape index (κ1) is 57.9. The summed E-state index contributed by atoms with van der Waals surface area (Å²) in [5, 5.41) is 107. The van der Waals surface area contributed by atoms with E-state index in [0.29, 0.717) is 0 Å². The number of esters is 4. The molecule has 3 aromatic carbocycles. The van der Waals surface area contributed by atoms with E-state index >= 15 is 0 Å². The van der Waals surface area contributed by atoms with Crippen molar-refractivity contribution in [1.82, 2.24) is 0 Å². The van der Waals surface area contributed by atoms with Gasteiger partial charge in [-0.05, 0) is 55.0 Å². The van der Waals surface area contributed by atoms with Gasteiger partial charge in [-0.25, -0.2) is 14.4 Å². The minimum atomic E-state index is -2.62. The Hall–Kier alpha value is -5.76. The molecule has 4 heterocycles. The SMILES string of the molecule is COc1cc(C=CC(=O)O[C@H]2[C@H](O)[C@@H](CO)O[C@@]2(CO)O[C@H]2O[C@H](COC(=O)c3ccccc3)[C@@H](OC(=O)c3ccccc3)[C@H](O)[C@H]2O)ccc1O[C@@H]1O[C@@H](C)[C@H](O[C@@H]2O[C@H](CO)[C@@H](O)[C@H](O)[C@H]2O)[C@@H](O)[C@H]1OC(C)=O. The molecule has 0 bridgehead atoms. The largest absolute Gasteiger partial charge is 0.493 e. The van der Waals surface area contributed by atoms with E-state index in [9.17, 15) is 70.2 Å². The molecule has 4 saturated heterocycles. The summed E-state index contributed by atoms with van der Waals surface area (Å²) in [5.41, 5.74) is 0.462. The van der Waals surface area contributed by atoms with Crippen molar-refractivity contribution in [3.8, 4) is 11.5 Å². The predicted molar refractivity (Wildman–Crippen MR) is 249 cm³/mol. The molecule has 76 heavy (non-hydrogen) atoms. The summed E-state index contributed by atoms with van der Waals surface area (Å²) in [5.74, 6) is -6.46. The number of benzene rings is 3. The van der Waals surface area contributed by atoms with Crippen LogP contribution in [0.25, 0.3) is 6.08 Å². The zero-order valence-electron chi connectivity index (χ0n) is 40.9. The van der Waals surface area contributed by atoms with Crippen LogP contribution in [0.3, 0.4) is 0 Å². The number of carbonyl (C=O) groups is 4. The van der Waals surface area contributed by atoms with Gasteiger partial charge in [-0.3, -0.25) is 4.79 Å². The maximum Gasteiger partial charge on any atom is 0.338 e. The second-order valence-corrected chi connectivity index (χ2v) is 17.9. The lowest BCUT2D eigenvalue weighted by Gasteiger charge is -2.46. The van der Waals surface area contributed by atoms with E-state index in [2.05, 4.69) is 0 Å². The molecular weight excluding hydrogens is 1020 g/mol. The molecule has 0 radical (unpaired) electrons. The highest BCUT2D eigenvalue weighted by Crippen LogP contribution is 2.40. The number of aliphatic hydroxyl groups excluding tert-OH is 10. The molecule has 4 aliphatic rings. The third-order valence-corrected chi connectivity index (χ3v) is 12.8. The second-order valence-electron chi connectivity index (χ2n) is 17.9. The Bertz CT molecular complexity index is 2440. The highest BCUT2D eigenvalue weighted by Gasteiger charge is 2.61. The lowest BCUT2D eigenvalue weighted by molar-refractivity contribution is -0.383. The van der Waals surface area contributed by atoms with Gasteiger partial charge in [0.05, 0.1) is 37.6 Å². The number of hydrogen-bond donors (Lipinski definition) is 10. The molecule has 26 heteroatoms. The van der Waals surface area contributed by atoms with Gasteiger partial charge in [0.25, 0.3) is 0 Å². The van der Waals surface area contributed by atoms with Gasteiger partial charge < -0.3 is 108 Å². The summed E-state index contributed by atoms with van der Waals surface area (Å²) in [7, 11) is 1.27. The molecular formula is C50H60O26. The van der Waals surface area contributed by atoms with E-state index in [1.165, 1.54) is 62.6 Å². The molecule has 0 aliphatic carbocycles. The molecule has 4 fully saturated rings. The number of rotatable bonds is 19. The third-order valence-electron chi connectivity index (χ3n) is 12.8. The first-order valence-electron chi connectivity index (χ1n) is 23.8. The highest BCUT2D eigenvalue weighted by atomic mass is 16.8. The molecule has 26 nitrogen and oxygen atoms in total. The molecule has 0 aromatic heterocycles. The molecule has 10 N–H and O–H groups in total. The zero-order valence-corrected chi connectivity index (χ0v) is 40.9. The molecule has 3 aromatic rings. The molecule has 4 aliphatic heterocycles. The monoisotopic (exact) mass is 1080 g/mol. The van der Waals surface area contributed by atoms with E-state index < -0.39 is 167 Å². The average Bonchev–Trinajstić information content (AvgIpc) is 3.71. The Morgan fingerprint density at radius 1 is 0.618 bits per heavy atom. The van der Waals surface area contributed by atoms with Gasteiger partial charge >= 0.3 is 23.9 Å². The molecule has 0 amide bonds. The lowest BCUT2D eigenvalue weighted by Crippen LogP contribution is -2.64. The van der Waals surface area contributed by atoms with E-state index in [-0.39, 0.29) is 28.2 Å². The van der Waals surface area contributed by atoms with Crippen molar-refractivity contribution in [1.29, 1.82) is 0 Å². The first-order valence-corrected chi connectivity index (χ1v) is 23.8. The van der Waals surface area contributed by atoms with Crippen LogP contribution in [0.1, 0.15) is 40.1 Å². The number of methoxy groups -OCH3 is 1. The Balaban J connectivity index is 1.04. The number of ether oxygens (including phenoxy) is 12. The maximum atomic E-state index is 13.5. The lowest BCUT2D eigenvalue weighted by atomic mass is 9.97. The standard InChI is InChI=1S/C50H60O26/c1-23-41(74-47-38(60)36(58)34(56)30(19-51)70-47)40(62)43(68-24(2)54)49(67-23)69-28-16-14-25(18-29(28)65-3)15-17-33(55)72-44-35(57)31(20-52)75-50(44,22-53)76-48-39(61)37(59)42(73-46(64)27-12-8-5-9-13-27)32(71-48)21-66-45(63)26-10-6-4-7-11-26/h4-18,23,30-32,34-44,47-49,51-53,56-62H,19-22H2,1-3H3/t23-,30+,31+,32+,34+,35+,36-,37+,38+,39+,40+,41-,42+,43+,44-,47-,48+,49-,50-/m0/s1. The minimum absolute atomic E-state index is 0.0130. The zero-order chi connectivity index (χ0) is 55.0. The number of carbonyl (C=O) groups excluding carboxylic acids is 4. The smallest absolute Gasteiger partial charge is 0.338 e. The molecule has 0 unspecified atom stereocenters. The summed E-state index contributed by atoms with van der Waals surface area (Å²) in [6, 6.07) is 19.5. The average molecular weight is 1080 g/mol. The highest BCUT2D eigenvalue weighted by molar-refractivity contribution is 5.90. The van der Waals surface area contributed by atoms with Gasteiger partial charge in [0.1, 0.15) is 80.4 Å². The van der Waals surface area contributed by atoms with E-state index in [1.807, 2.05) is 0 Å².